The monoisotopic (exact) mass is 317 g/mol. The summed E-state index contributed by atoms with van der Waals surface area (Å²) in [5.41, 5.74) is 2.15. The van der Waals surface area contributed by atoms with Gasteiger partial charge in [0.05, 0.1) is 19.8 Å². The van der Waals surface area contributed by atoms with Crippen molar-refractivity contribution in [1.29, 1.82) is 0 Å². The second-order valence-electron chi connectivity index (χ2n) is 5.43. The summed E-state index contributed by atoms with van der Waals surface area (Å²) in [6, 6.07) is 10.8. The van der Waals surface area contributed by atoms with Crippen LogP contribution in [0.1, 0.15) is 35.0 Å². The van der Waals surface area contributed by atoms with E-state index in [1.165, 1.54) is 7.11 Å². The Morgan fingerprint density at radius 3 is 2.61 bits per heavy atom. The number of carbonyl (C=O) groups excluding carboxylic acids is 1. The number of benzene rings is 1. The van der Waals surface area contributed by atoms with E-state index in [2.05, 4.69) is 0 Å². The number of ether oxygens (including phenoxy) is 1. The Hall–Kier alpha value is -2.27. The highest BCUT2D eigenvalue weighted by Crippen LogP contribution is 2.21. The summed E-state index contributed by atoms with van der Waals surface area (Å²) in [7, 11) is 1.49. The summed E-state index contributed by atoms with van der Waals surface area (Å²) in [5.74, 6) is 0.251. The van der Waals surface area contributed by atoms with Gasteiger partial charge in [0.1, 0.15) is 0 Å². The van der Waals surface area contributed by atoms with Crippen molar-refractivity contribution < 1.29 is 19.1 Å². The lowest BCUT2D eigenvalue weighted by molar-refractivity contribution is 0.0527. The Labute approximate surface area is 136 Å². The molecule has 0 radical (unpaired) electrons. The minimum atomic E-state index is -0.266. The molecule has 1 atom stereocenters. The van der Waals surface area contributed by atoms with Gasteiger partial charge < -0.3 is 19.2 Å². The highest BCUT2D eigenvalue weighted by molar-refractivity contribution is 5.91. The third-order valence-electron chi connectivity index (χ3n) is 3.98. The first-order chi connectivity index (χ1) is 11.1. The molecule has 5 heteroatoms. The lowest BCUT2D eigenvalue weighted by atomic mass is 10.1. The molecule has 0 fully saturated rings. The number of furan rings is 1. The molecule has 0 spiro atoms. The summed E-state index contributed by atoms with van der Waals surface area (Å²) < 4.78 is 10.4. The number of carbonyl (C=O) groups is 1. The van der Waals surface area contributed by atoms with Crippen molar-refractivity contribution in [1.82, 2.24) is 4.90 Å². The zero-order valence-corrected chi connectivity index (χ0v) is 13.8. The van der Waals surface area contributed by atoms with Crippen LogP contribution in [0, 0.1) is 6.92 Å². The number of hydrogen-bond donors (Lipinski definition) is 1. The molecule has 2 aromatic rings. The SMILES string of the molecule is CCC(CO)N(Cc1ccccc1C)C(=O)c1ccc(OC)o1. The Kier molecular flexibility index (Phi) is 5.82. The van der Waals surface area contributed by atoms with Crippen LogP contribution in [0.15, 0.2) is 40.8 Å². The van der Waals surface area contributed by atoms with Gasteiger partial charge in [0.25, 0.3) is 11.9 Å². The van der Waals surface area contributed by atoms with Crippen LogP contribution in [-0.4, -0.2) is 35.7 Å². The average molecular weight is 317 g/mol. The second kappa shape index (κ2) is 7.83. The van der Waals surface area contributed by atoms with E-state index in [1.54, 1.807) is 17.0 Å². The second-order valence-corrected chi connectivity index (χ2v) is 5.43. The smallest absolute Gasteiger partial charge is 0.290 e. The number of hydrogen-bond acceptors (Lipinski definition) is 4. The van der Waals surface area contributed by atoms with Crippen molar-refractivity contribution >= 4 is 5.91 Å². The average Bonchev–Trinajstić information content (AvgIpc) is 3.05. The van der Waals surface area contributed by atoms with E-state index in [0.717, 1.165) is 11.1 Å². The number of aliphatic hydroxyl groups excluding tert-OH is 1. The largest absolute Gasteiger partial charge is 0.468 e. The molecule has 0 aliphatic rings. The molecule has 2 rings (SSSR count). The molecule has 1 aromatic carbocycles. The standard InChI is InChI=1S/C18H23NO4/c1-4-15(12-20)19(11-14-8-6-5-7-13(14)2)18(21)16-9-10-17(22-3)23-16/h5-10,15,20H,4,11-12H2,1-3H3. The molecule has 1 heterocycles. The molecule has 23 heavy (non-hydrogen) atoms. The number of rotatable bonds is 7. The van der Waals surface area contributed by atoms with E-state index in [4.69, 9.17) is 9.15 Å². The predicted molar refractivity (Wildman–Crippen MR) is 87.5 cm³/mol. The quantitative estimate of drug-likeness (QED) is 0.852. The van der Waals surface area contributed by atoms with Gasteiger partial charge in [-0.25, -0.2) is 0 Å². The summed E-state index contributed by atoms with van der Waals surface area (Å²) in [6.07, 6.45) is 0.659. The van der Waals surface area contributed by atoms with Crippen LogP contribution in [0.3, 0.4) is 0 Å². The third kappa shape index (κ3) is 3.93. The zero-order chi connectivity index (χ0) is 16.8. The molecular formula is C18H23NO4. The first-order valence-corrected chi connectivity index (χ1v) is 7.70. The molecule has 5 nitrogen and oxygen atoms in total. The summed E-state index contributed by atoms with van der Waals surface area (Å²) >= 11 is 0. The number of methoxy groups -OCH3 is 1. The van der Waals surface area contributed by atoms with E-state index in [-0.39, 0.29) is 24.3 Å². The topological polar surface area (TPSA) is 62.9 Å². The van der Waals surface area contributed by atoms with E-state index < -0.39 is 0 Å². The maximum atomic E-state index is 12.8. The molecule has 1 aromatic heterocycles. The van der Waals surface area contributed by atoms with Gasteiger partial charge >= 0.3 is 0 Å². The molecule has 1 amide bonds. The first-order valence-electron chi connectivity index (χ1n) is 7.70. The molecule has 1 unspecified atom stereocenters. The Morgan fingerprint density at radius 2 is 2.04 bits per heavy atom. The van der Waals surface area contributed by atoms with Gasteiger partial charge in [-0.3, -0.25) is 4.79 Å². The van der Waals surface area contributed by atoms with Crippen molar-refractivity contribution in [2.45, 2.75) is 32.9 Å². The Morgan fingerprint density at radius 1 is 1.30 bits per heavy atom. The summed E-state index contributed by atoms with van der Waals surface area (Å²) in [6.45, 7) is 4.29. The molecule has 0 bridgehead atoms. The van der Waals surface area contributed by atoms with Gasteiger partial charge in [0, 0.05) is 12.6 Å². The molecule has 0 aliphatic carbocycles. The van der Waals surface area contributed by atoms with Gasteiger partial charge in [-0.05, 0) is 30.5 Å². The number of aliphatic hydroxyl groups is 1. The van der Waals surface area contributed by atoms with Crippen LogP contribution in [0.4, 0.5) is 0 Å². The molecule has 0 saturated heterocycles. The highest BCUT2D eigenvalue weighted by Gasteiger charge is 2.26. The van der Waals surface area contributed by atoms with Crippen LogP contribution in [0.25, 0.3) is 0 Å². The summed E-state index contributed by atoms with van der Waals surface area (Å²) in [5, 5.41) is 9.64. The van der Waals surface area contributed by atoms with E-state index >= 15 is 0 Å². The van der Waals surface area contributed by atoms with E-state index in [9.17, 15) is 9.90 Å². The van der Waals surface area contributed by atoms with Crippen molar-refractivity contribution in [2.75, 3.05) is 13.7 Å². The van der Waals surface area contributed by atoms with Gasteiger partial charge in [0.15, 0.2) is 5.76 Å². The van der Waals surface area contributed by atoms with Crippen LogP contribution in [0.5, 0.6) is 5.95 Å². The van der Waals surface area contributed by atoms with Crippen LogP contribution >= 0.6 is 0 Å². The van der Waals surface area contributed by atoms with Crippen molar-refractivity contribution in [3.05, 3.63) is 53.3 Å². The molecule has 124 valence electrons. The van der Waals surface area contributed by atoms with Crippen molar-refractivity contribution in [3.63, 3.8) is 0 Å². The lowest BCUT2D eigenvalue weighted by Crippen LogP contribution is -2.41. The van der Waals surface area contributed by atoms with Crippen molar-refractivity contribution in [2.24, 2.45) is 0 Å². The van der Waals surface area contributed by atoms with Gasteiger partial charge in [-0.2, -0.15) is 0 Å². The maximum Gasteiger partial charge on any atom is 0.290 e. The van der Waals surface area contributed by atoms with Crippen LogP contribution in [0.2, 0.25) is 0 Å². The molecule has 1 N–H and O–H groups in total. The van der Waals surface area contributed by atoms with Gasteiger partial charge in [-0.15, -0.1) is 0 Å². The molecule has 0 saturated carbocycles. The van der Waals surface area contributed by atoms with E-state index in [0.29, 0.717) is 18.9 Å². The normalized spacial score (nSPS) is 12.0. The number of nitrogens with zero attached hydrogens (tertiary/aromatic N) is 1. The van der Waals surface area contributed by atoms with Gasteiger partial charge in [-0.1, -0.05) is 31.2 Å². The number of amides is 1. The molecule has 0 aliphatic heterocycles. The van der Waals surface area contributed by atoms with Crippen LogP contribution < -0.4 is 4.74 Å². The van der Waals surface area contributed by atoms with E-state index in [1.807, 2.05) is 38.1 Å². The lowest BCUT2D eigenvalue weighted by Gasteiger charge is -2.29. The third-order valence-corrected chi connectivity index (χ3v) is 3.98. The minimum absolute atomic E-state index is 0.0913. The summed E-state index contributed by atoms with van der Waals surface area (Å²) in [4.78, 5) is 14.5. The Balaban J connectivity index is 2.30. The maximum absolute atomic E-state index is 12.8. The molecular weight excluding hydrogens is 294 g/mol. The fourth-order valence-corrected chi connectivity index (χ4v) is 2.47. The fraction of sp³-hybridized carbons (Fsp3) is 0.389. The number of aryl methyl sites for hydroxylation is 1. The predicted octanol–water partition coefficient (Wildman–Crippen LogP) is 3.01. The van der Waals surface area contributed by atoms with Crippen molar-refractivity contribution in [3.8, 4) is 5.95 Å². The Bertz CT molecular complexity index is 646. The highest BCUT2D eigenvalue weighted by atomic mass is 16.6. The minimum Gasteiger partial charge on any atom is -0.468 e. The van der Waals surface area contributed by atoms with Gasteiger partial charge in [0.2, 0.25) is 0 Å². The zero-order valence-electron chi connectivity index (χ0n) is 13.8. The fourth-order valence-electron chi connectivity index (χ4n) is 2.47. The van der Waals surface area contributed by atoms with Crippen LogP contribution in [-0.2, 0) is 6.54 Å². The first kappa shape index (κ1) is 17.1.